The van der Waals surface area contributed by atoms with Gasteiger partial charge in [0.05, 0.1) is 5.69 Å². The second-order valence-electron chi connectivity index (χ2n) is 5.07. The minimum atomic E-state index is 1.04. The van der Waals surface area contributed by atoms with Crippen LogP contribution in [0.25, 0.3) is 32.7 Å². The molecule has 0 N–H and O–H groups in total. The molecule has 0 amide bonds. The topological polar surface area (TPSA) is 17.8 Å². The van der Waals surface area contributed by atoms with Gasteiger partial charge in [-0.05, 0) is 6.07 Å². The summed E-state index contributed by atoms with van der Waals surface area (Å²) in [5.41, 5.74) is 4.66. The molecule has 0 atom stereocenters. The van der Waals surface area contributed by atoms with Crippen molar-refractivity contribution < 1.29 is 0 Å². The minimum absolute atomic E-state index is 1.04. The van der Waals surface area contributed by atoms with Crippen molar-refractivity contribution in [2.75, 3.05) is 0 Å². The summed E-state index contributed by atoms with van der Waals surface area (Å²) in [7, 11) is 2.08. The van der Waals surface area contributed by atoms with E-state index in [0.717, 1.165) is 10.7 Å². The van der Waals surface area contributed by atoms with Crippen LogP contribution >= 0.6 is 11.3 Å². The molecule has 102 valence electrons. The molecule has 4 rings (SSSR count). The predicted molar refractivity (Wildman–Crippen MR) is 89.5 cm³/mol. The van der Waals surface area contributed by atoms with Crippen LogP contribution in [0.4, 0.5) is 0 Å². The number of hydrogen-bond acceptors (Lipinski definition) is 2. The van der Waals surface area contributed by atoms with E-state index in [1.807, 2.05) is 18.2 Å². The lowest BCUT2D eigenvalue weighted by Crippen LogP contribution is -1.81. The van der Waals surface area contributed by atoms with E-state index in [1.54, 1.807) is 11.3 Å². The molecule has 21 heavy (non-hydrogen) atoms. The van der Waals surface area contributed by atoms with E-state index in [9.17, 15) is 0 Å². The lowest BCUT2D eigenvalue weighted by Gasteiger charge is -1.95. The first kappa shape index (κ1) is 12.4. The van der Waals surface area contributed by atoms with E-state index < -0.39 is 0 Å². The van der Waals surface area contributed by atoms with Gasteiger partial charge < -0.3 is 4.57 Å². The predicted octanol–water partition coefficient (Wildman–Crippen LogP) is 4.97. The van der Waals surface area contributed by atoms with Crippen LogP contribution < -0.4 is 0 Å². The number of aryl methyl sites for hydroxylation is 1. The Balaban J connectivity index is 1.85. The molecule has 0 fully saturated rings. The van der Waals surface area contributed by atoms with Crippen LogP contribution in [0.15, 0.2) is 66.2 Å². The van der Waals surface area contributed by atoms with Gasteiger partial charge in [-0.3, -0.25) is 0 Å². The first-order valence-electron chi connectivity index (χ1n) is 6.88. The maximum atomic E-state index is 4.82. The van der Waals surface area contributed by atoms with E-state index in [4.69, 9.17) is 4.98 Å². The fraction of sp³-hybridized carbons (Fsp3) is 0.0556. The van der Waals surface area contributed by atoms with Crippen LogP contribution in [0.5, 0.6) is 0 Å². The average molecular weight is 290 g/mol. The Morgan fingerprint density at radius 1 is 0.952 bits per heavy atom. The monoisotopic (exact) mass is 290 g/mol. The van der Waals surface area contributed by atoms with Gasteiger partial charge in [-0.2, -0.15) is 0 Å². The highest BCUT2D eigenvalue weighted by Crippen LogP contribution is 2.34. The Hall–Kier alpha value is -2.39. The van der Waals surface area contributed by atoms with Crippen LogP contribution in [0.2, 0.25) is 0 Å². The van der Waals surface area contributed by atoms with Gasteiger partial charge in [0.1, 0.15) is 5.01 Å². The molecule has 0 saturated carbocycles. The Bertz CT molecular complexity index is 903. The molecule has 0 bridgehead atoms. The van der Waals surface area contributed by atoms with Crippen molar-refractivity contribution in [3.05, 3.63) is 66.2 Å². The summed E-state index contributed by atoms with van der Waals surface area (Å²) in [6, 6.07) is 18.8. The van der Waals surface area contributed by atoms with Gasteiger partial charge in [0, 0.05) is 40.7 Å². The van der Waals surface area contributed by atoms with Gasteiger partial charge >= 0.3 is 0 Å². The van der Waals surface area contributed by atoms with E-state index in [1.165, 1.54) is 22.0 Å². The Morgan fingerprint density at radius 2 is 1.71 bits per heavy atom. The zero-order chi connectivity index (χ0) is 14.2. The molecule has 2 nitrogen and oxygen atoms in total. The van der Waals surface area contributed by atoms with Crippen molar-refractivity contribution in [2.45, 2.75) is 0 Å². The number of thiazole rings is 1. The molecular weight excluding hydrogens is 276 g/mol. The third-order valence-electron chi connectivity index (χ3n) is 3.70. The van der Waals surface area contributed by atoms with Crippen LogP contribution in [-0.4, -0.2) is 9.55 Å². The standard InChI is InChI=1S/C18H14N2S/c1-20-11-15(14-9-5-6-10-17(14)20)18-19-16(12-21-18)13-7-3-2-4-8-13/h2-12H,1H3. The molecule has 0 saturated heterocycles. The highest BCUT2D eigenvalue weighted by atomic mass is 32.1. The third-order valence-corrected chi connectivity index (χ3v) is 4.58. The molecule has 0 aliphatic carbocycles. The second kappa shape index (κ2) is 4.86. The van der Waals surface area contributed by atoms with Gasteiger partial charge in [0.2, 0.25) is 0 Å². The summed E-state index contributed by atoms with van der Waals surface area (Å²) in [5.74, 6) is 0. The number of benzene rings is 2. The molecule has 2 aromatic heterocycles. The zero-order valence-electron chi connectivity index (χ0n) is 11.7. The van der Waals surface area contributed by atoms with Gasteiger partial charge in [0.25, 0.3) is 0 Å². The number of para-hydroxylation sites is 1. The lowest BCUT2D eigenvalue weighted by molar-refractivity contribution is 0.970. The molecule has 0 spiro atoms. The van der Waals surface area contributed by atoms with Crippen molar-refractivity contribution in [2.24, 2.45) is 7.05 Å². The number of nitrogens with zero attached hydrogens (tertiary/aromatic N) is 2. The van der Waals surface area contributed by atoms with Crippen molar-refractivity contribution in [3.8, 4) is 21.8 Å². The fourth-order valence-electron chi connectivity index (χ4n) is 2.65. The number of hydrogen-bond donors (Lipinski definition) is 0. The summed E-state index contributed by atoms with van der Waals surface area (Å²) < 4.78 is 2.16. The molecule has 2 heterocycles. The maximum absolute atomic E-state index is 4.82. The van der Waals surface area contributed by atoms with Crippen LogP contribution in [0.3, 0.4) is 0 Å². The number of aromatic nitrogens is 2. The molecule has 4 aromatic rings. The van der Waals surface area contributed by atoms with Crippen LogP contribution in [0.1, 0.15) is 0 Å². The SMILES string of the molecule is Cn1cc(-c2nc(-c3ccccc3)cs2)c2ccccc21. The maximum Gasteiger partial charge on any atom is 0.126 e. The summed E-state index contributed by atoms with van der Waals surface area (Å²) in [4.78, 5) is 4.82. The van der Waals surface area contributed by atoms with Crippen LogP contribution in [0, 0.1) is 0 Å². The molecule has 0 aliphatic heterocycles. The van der Waals surface area contributed by atoms with Crippen molar-refractivity contribution in [1.82, 2.24) is 9.55 Å². The van der Waals surface area contributed by atoms with E-state index in [-0.39, 0.29) is 0 Å². The average Bonchev–Trinajstić information content (AvgIpc) is 3.14. The molecule has 2 aromatic carbocycles. The molecule has 3 heteroatoms. The largest absolute Gasteiger partial charge is 0.350 e. The summed E-state index contributed by atoms with van der Waals surface area (Å²) in [6.45, 7) is 0. The first-order valence-corrected chi connectivity index (χ1v) is 7.76. The highest BCUT2D eigenvalue weighted by Gasteiger charge is 2.12. The minimum Gasteiger partial charge on any atom is -0.350 e. The summed E-state index contributed by atoms with van der Waals surface area (Å²) in [5, 5.41) is 4.46. The smallest absolute Gasteiger partial charge is 0.126 e. The van der Waals surface area contributed by atoms with Crippen molar-refractivity contribution in [1.29, 1.82) is 0 Å². The Kier molecular flexibility index (Phi) is 2.86. The molecular formula is C18H14N2S. The summed E-state index contributed by atoms with van der Waals surface area (Å²) >= 11 is 1.70. The quantitative estimate of drug-likeness (QED) is 0.509. The number of rotatable bonds is 2. The molecule has 0 radical (unpaired) electrons. The molecule has 0 unspecified atom stereocenters. The number of fused-ring (bicyclic) bond motifs is 1. The van der Waals surface area contributed by atoms with Crippen molar-refractivity contribution >= 4 is 22.2 Å². The van der Waals surface area contributed by atoms with Gasteiger partial charge in [0.15, 0.2) is 0 Å². The molecule has 0 aliphatic rings. The van der Waals surface area contributed by atoms with Gasteiger partial charge in [-0.15, -0.1) is 11.3 Å². The Morgan fingerprint density at radius 3 is 2.57 bits per heavy atom. The lowest BCUT2D eigenvalue weighted by atomic mass is 10.1. The third kappa shape index (κ3) is 2.06. The van der Waals surface area contributed by atoms with E-state index >= 15 is 0 Å². The first-order chi connectivity index (χ1) is 10.3. The van der Waals surface area contributed by atoms with E-state index in [2.05, 4.69) is 59.6 Å². The fourth-order valence-corrected chi connectivity index (χ4v) is 3.50. The normalized spacial score (nSPS) is 11.1. The van der Waals surface area contributed by atoms with Gasteiger partial charge in [-0.25, -0.2) is 4.98 Å². The summed E-state index contributed by atoms with van der Waals surface area (Å²) in [6.07, 6.45) is 2.16. The zero-order valence-corrected chi connectivity index (χ0v) is 12.5. The van der Waals surface area contributed by atoms with E-state index in [0.29, 0.717) is 0 Å². The highest BCUT2D eigenvalue weighted by molar-refractivity contribution is 7.13. The second-order valence-corrected chi connectivity index (χ2v) is 5.93. The van der Waals surface area contributed by atoms with Gasteiger partial charge in [-0.1, -0.05) is 48.5 Å². The Labute approximate surface area is 127 Å². The van der Waals surface area contributed by atoms with Crippen LogP contribution in [-0.2, 0) is 7.05 Å². The van der Waals surface area contributed by atoms with Crippen molar-refractivity contribution in [3.63, 3.8) is 0 Å².